The van der Waals surface area contributed by atoms with Crippen molar-refractivity contribution >= 4 is 5.95 Å². The Morgan fingerprint density at radius 3 is 2.69 bits per heavy atom. The Labute approximate surface area is 92.5 Å². The first-order chi connectivity index (χ1) is 7.72. The predicted octanol–water partition coefficient (Wildman–Crippen LogP) is 0.416. The molecule has 0 spiro atoms. The SMILES string of the molecule is CNc1nc(OC)nc(-n2ccc(C)n2)n1. The molecule has 0 aliphatic heterocycles. The highest BCUT2D eigenvalue weighted by Gasteiger charge is 2.07. The summed E-state index contributed by atoms with van der Waals surface area (Å²) < 4.78 is 6.55. The van der Waals surface area contributed by atoms with Crippen LogP contribution in [0, 0.1) is 6.92 Å². The number of nitrogens with zero attached hydrogens (tertiary/aromatic N) is 5. The molecule has 0 unspecified atom stereocenters. The van der Waals surface area contributed by atoms with Crippen molar-refractivity contribution in [2.45, 2.75) is 6.92 Å². The Bertz CT molecular complexity index is 472. The fraction of sp³-hybridized carbons (Fsp3) is 0.333. The molecule has 2 heterocycles. The molecule has 0 aliphatic carbocycles. The first-order valence-corrected chi connectivity index (χ1v) is 4.73. The molecule has 0 amide bonds. The summed E-state index contributed by atoms with van der Waals surface area (Å²) in [4.78, 5) is 12.3. The van der Waals surface area contributed by atoms with E-state index in [0.717, 1.165) is 5.69 Å². The number of anilines is 1. The molecule has 0 atom stereocenters. The van der Waals surface area contributed by atoms with Crippen molar-refractivity contribution in [1.82, 2.24) is 24.7 Å². The van der Waals surface area contributed by atoms with Crippen molar-refractivity contribution < 1.29 is 4.74 Å². The second-order valence-corrected chi connectivity index (χ2v) is 3.10. The van der Waals surface area contributed by atoms with Gasteiger partial charge in [-0.25, -0.2) is 4.68 Å². The number of ether oxygens (including phenoxy) is 1. The van der Waals surface area contributed by atoms with Crippen molar-refractivity contribution in [3.05, 3.63) is 18.0 Å². The van der Waals surface area contributed by atoms with Crippen LogP contribution >= 0.6 is 0 Å². The molecule has 0 bridgehead atoms. The van der Waals surface area contributed by atoms with Gasteiger partial charge in [0.2, 0.25) is 5.95 Å². The van der Waals surface area contributed by atoms with Gasteiger partial charge in [-0.15, -0.1) is 0 Å². The maximum absolute atomic E-state index is 4.98. The van der Waals surface area contributed by atoms with Gasteiger partial charge in [0.25, 0.3) is 5.95 Å². The first-order valence-electron chi connectivity index (χ1n) is 4.73. The van der Waals surface area contributed by atoms with Crippen LogP contribution in [-0.4, -0.2) is 38.9 Å². The molecule has 7 heteroatoms. The molecule has 0 saturated carbocycles. The van der Waals surface area contributed by atoms with E-state index in [0.29, 0.717) is 11.9 Å². The summed E-state index contributed by atoms with van der Waals surface area (Å²) in [5, 5.41) is 7.05. The van der Waals surface area contributed by atoms with E-state index in [1.807, 2.05) is 13.0 Å². The third-order valence-electron chi connectivity index (χ3n) is 1.94. The lowest BCUT2D eigenvalue weighted by molar-refractivity contribution is 0.377. The minimum Gasteiger partial charge on any atom is -0.467 e. The molecule has 2 rings (SSSR count). The van der Waals surface area contributed by atoms with Crippen LogP contribution < -0.4 is 10.1 Å². The van der Waals surface area contributed by atoms with E-state index in [4.69, 9.17) is 4.74 Å². The summed E-state index contributed by atoms with van der Waals surface area (Å²) >= 11 is 0. The van der Waals surface area contributed by atoms with Crippen LogP contribution in [0.15, 0.2) is 12.3 Å². The minimum absolute atomic E-state index is 0.252. The van der Waals surface area contributed by atoms with E-state index in [1.54, 1.807) is 17.9 Å². The predicted molar refractivity (Wildman–Crippen MR) is 57.8 cm³/mol. The molecule has 0 fully saturated rings. The standard InChI is InChI=1S/C9H12N6O/c1-6-4-5-15(14-6)8-11-7(10-2)12-9(13-8)16-3/h4-5H,1-3H3,(H,10,11,12,13). The van der Waals surface area contributed by atoms with Crippen molar-refractivity contribution in [2.75, 3.05) is 19.5 Å². The third kappa shape index (κ3) is 1.92. The lowest BCUT2D eigenvalue weighted by Crippen LogP contribution is -2.08. The van der Waals surface area contributed by atoms with Gasteiger partial charge < -0.3 is 10.1 Å². The Morgan fingerprint density at radius 2 is 2.12 bits per heavy atom. The van der Waals surface area contributed by atoms with Crippen molar-refractivity contribution in [1.29, 1.82) is 0 Å². The zero-order chi connectivity index (χ0) is 11.5. The molecule has 16 heavy (non-hydrogen) atoms. The second-order valence-electron chi connectivity index (χ2n) is 3.10. The normalized spacial score (nSPS) is 10.2. The molecule has 84 valence electrons. The summed E-state index contributed by atoms with van der Waals surface area (Å²) in [6, 6.07) is 2.12. The molecule has 0 radical (unpaired) electrons. The van der Waals surface area contributed by atoms with Crippen LogP contribution in [0.4, 0.5) is 5.95 Å². The molecular weight excluding hydrogens is 208 g/mol. The summed E-state index contributed by atoms with van der Waals surface area (Å²) in [5.41, 5.74) is 0.894. The summed E-state index contributed by atoms with van der Waals surface area (Å²) in [6.07, 6.45) is 1.78. The Balaban J connectivity index is 2.47. The van der Waals surface area contributed by atoms with Gasteiger partial charge in [-0.05, 0) is 13.0 Å². The van der Waals surface area contributed by atoms with Crippen LogP contribution in [-0.2, 0) is 0 Å². The van der Waals surface area contributed by atoms with Crippen LogP contribution in [0.2, 0.25) is 0 Å². The average molecular weight is 220 g/mol. The number of rotatable bonds is 3. The lowest BCUT2D eigenvalue weighted by Gasteiger charge is -2.04. The molecule has 0 aromatic carbocycles. The van der Waals surface area contributed by atoms with Crippen molar-refractivity contribution in [3.63, 3.8) is 0 Å². The maximum atomic E-state index is 4.98. The molecule has 2 aromatic rings. The number of hydrogen-bond donors (Lipinski definition) is 1. The number of aromatic nitrogens is 5. The smallest absolute Gasteiger partial charge is 0.322 e. The summed E-state index contributed by atoms with van der Waals surface area (Å²) in [5.74, 6) is 0.860. The van der Waals surface area contributed by atoms with Crippen LogP contribution in [0.5, 0.6) is 6.01 Å². The first kappa shape index (κ1) is 10.3. The molecule has 0 aliphatic rings. The van der Waals surface area contributed by atoms with Gasteiger partial charge in [-0.1, -0.05) is 0 Å². The zero-order valence-electron chi connectivity index (χ0n) is 9.30. The van der Waals surface area contributed by atoms with E-state index in [9.17, 15) is 0 Å². The van der Waals surface area contributed by atoms with Crippen LogP contribution in [0.1, 0.15) is 5.69 Å². The van der Waals surface area contributed by atoms with Gasteiger partial charge in [0.05, 0.1) is 12.8 Å². The molecular formula is C9H12N6O. The number of methoxy groups -OCH3 is 1. The van der Waals surface area contributed by atoms with Gasteiger partial charge in [0, 0.05) is 13.2 Å². The molecule has 2 aromatic heterocycles. The summed E-state index contributed by atoms with van der Waals surface area (Å²) in [7, 11) is 3.24. The fourth-order valence-corrected chi connectivity index (χ4v) is 1.18. The van der Waals surface area contributed by atoms with Crippen molar-refractivity contribution in [3.8, 4) is 12.0 Å². The van der Waals surface area contributed by atoms with E-state index in [-0.39, 0.29) is 6.01 Å². The van der Waals surface area contributed by atoms with E-state index in [2.05, 4.69) is 25.4 Å². The van der Waals surface area contributed by atoms with Gasteiger partial charge in [-0.2, -0.15) is 20.1 Å². The van der Waals surface area contributed by atoms with Crippen LogP contribution in [0.25, 0.3) is 5.95 Å². The Morgan fingerprint density at radius 1 is 1.31 bits per heavy atom. The highest BCUT2D eigenvalue weighted by Crippen LogP contribution is 2.09. The van der Waals surface area contributed by atoms with Gasteiger partial charge in [-0.3, -0.25) is 0 Å². The Hall–Kier alpha value is -2.18. The van der Waals surface area contributed by atoms with Crippen molar-refractivity contribution in [2.24, 2.45) is 0 Å². The summed E-state index contributed by atoms with van der Waals surface area (Å²) in [6.45, 7) is 1.90. The lowest BCUT2D eigenvalue weighted by atomic mass is 10.5. The Kier molecular flexibility index (Phi) is 2.67. The van der Waals surface area contributed by atoms with Gasteiger partial charge in [0.15, 0.2) is 0 Å². The fourth-order valence-electron chi connectivity index (χ4n) is 1.18. The minimum atomic E-state index is 0.252. The van der Waals surface area contributed by atoms with Crippen LogP contribution in [0.3, 0.4) is 0 Å². The molecule has 1 N–H and O–H groups in total. The number of aryl methyl sites for hydroxylation is 1. The van der Waals surface area contributed by atoms with E-state index >= 15 is 0 Å². The maximum Gasteiger partial charge on any atom is 0.322 e. The van der Waals surface area contributed by atoms with Gasteiger partial charge >= 0.3 is 6.01 Å². The largest absolute Gasteiger partial charge is 0.467 e. The van der Waals surface area contributed by atoms with E-state index < -0.39 is 0 Å². The second kappa shape index (κ2) is 4.13. The topological polar surface area (TPSA) is 77.8 Å². The number of nitrogens with one attached hydrogen (secondary N) is 1. The zero-order valence-corrected chi connectivity index (χ0v) is 9.30. The quantitative estimate of drug-likeness (QED) is 0.807. The average Bonchev–Trinajstić information content (AvgIpc) is 2.75. The van der Waals surface area contributed by atoms with Gasteiger partial charge in [0.1, 0.15) is 0 Å². The molecule has 7 nitrogen and oxygen atoms in total. The monoisotopic (exact) mass is 220 g/mol. The third-order valence-corrected chi connectivity index (χ3v) is 1.94. The highest BCUT2D eigenvalue weighted by molar-refractivity contribution is 5.29. The molecule has 0 saturated heterocycles. The number of hydrogen-bond acceptors (Lipinski definition) is 6. The van der Waals surface area contributed by atoms with E-state index in [1.165, 1.54) is 7.11 Å². The highest BCUT2D eigenvalue weighted by atomic mass is 16.5.